The second kappa shape index (κ2) is 5.97. The highest BCUT2D eigenvalue weighted by atomic mass is 16.1. The van der Waals surface area contributed by atoms with Crippen LogP contribution in [0.2, 0.25) is 0 Å². The van der Waals surface area contributed by atoms with Crippen LogP contribution in [0.1, 0.15) is 36.1 Å². The van der Waals surface area contributed by atoms with Gasteiger partial charge < -0.3 is 10.3 Å². The Hall–Kier alpha value is -2.69. The minimum absolute atomic E-state index is 0.124. The molecule has 1 atom stereocenters. The van der Waals surface area contributed by atoms with Crippen molar-refractivity contribution in [2.45, 2.75) is 19.9 Å². The van der Waals surface area contributed by atoms with Crippen LogP contribution in [0.25, 0.3) is 11.0 Å². The minimum Gasteiger partial charge on any atom is -0.342 e. The average molecular weight is 294 g/mol. The number of para-hydroxylation sites is 2. The van der Waals surface area contributed by atoms with Crippen molar-refractivity contribution in [1.82, 2.24) is 20.3 Å². The normalized spacial score (nSPS) is 12.5. The van der Waals surface area contributed by atoms with E-state index in [0.717, 1.165) is 16.9 Å². The van der Waals surface area contributed by atoms with Gasteiger partial charge in [0.05, 0.1) is 17.1 Å². The molecule has 0 aliphatic rings. The number of hydrogen-bond acceptors (Lipinski definition) is 3. The SMILES string of the molecule is CC(C)C(NC(=O)c1ccncc1)c1nc2ccccc2[nH]1. The first kappa shape index (κ1) is 14.3. The molecule has 0 aliphatic carbocycles. The molecule has 3 rings (SSSR count). The maximum atomic E-state index is 12.4. The van der Waals surface area contributed by atoms with Crippen LogP contribution in [-0.4, -0.2) is 20.9 Å². The van der Waals surface area contributed by atoms with Crippen molar-refractivity contribution in [2.24, 2.45) is 5.92 Å². The standard InChI is InChI=1S/C17H18N4O/c1-11(2)15(21-17(22)12-7-9-18-10-8-12)16-19-13-5-3-4-6-14(13)20-16/h3-11,15H,1-2H3,(H,19,20)(H,21,22). The van der Waals surface area contributed by atoms with Gasteiger partial charge in [0.2, 0.25) is 0 Å². The number of fused-ring (bicyclic) bond motifs is 1. The summed E-state index contributed by atoms with van der Waals surface area (Å²) in [5, 5.41) is 3.05. The molecule has 0 saturated heterocycles. The van der Waals surface area contributed by atoms with Gasteiger partial charge >= 0.3 is 0 Å². The van der Waals surface area contributed by atoms with Gasteiger partial charge in [0.1, 0.15) is 5.82 Å². The number of aromatic nitrogens is 3. The Morgan fingerprint density at radius 2 is 1.86 bits per heavy atom. The molecule has 0 fully saturated rings. The Kier molecular flexibility index (Phi) is 3.87. The van der Waals surface area contributed by atoms with E-state index in [4.69, 9.17) is 0 Å². The molecule has 3 aromatic rings. The number of hydrogen-bond donors (Lipinski definition) is 2. The number of carbonyl (C=O) groups is 1. The van der Waals surface area contributed by atoms with Crippen LogP contribution in [0.4, 0.5) is 0 Å². The largest absolute Gasteiger partial charge is 0.342 e. The Balaban J connectivity index is 1.88. The smallest absolute Gasteiger partial charge is 0.251 e. The highest BCUT2D eigenvalue weighted by molar-refractivity contribution is 5.94. The summed E-state index contributed by atoms with van der Waals surface area (Å²) >= 11 is 0. The summed E-state index contributed by atoms with van der Waals surface area (Å²) in [6, 6.07) is 11.1. The summed E-state index contributed by atoms with van der Waals surface area (Å²) in [6.45, 7) is 4.12. The zero-order valence-electron chi connectivity index (χ0n) is 12.6. The molecule has 0 spiro atoms. The van der Waals surface area contributed by atoms with Crippen molar-refractivity contribution in [3.05, 3.63) is 60.2 Å². The molecule has 1 amide bonds. The average Bonchev–Trinajstić information content (AvgIpc) is 2.96. The van der Waals surface area contributed by atoms with Gasteiger partial charge in [-0.3, -0.25) is 9.78 Å². The monoisotopic (exact) mass is 294 g/mol. The summed E-state index contributed by atoms with van der Waals surface area (Å²) < 4.78 is 0. The lowest BCUT2D eigenvalue weighted by Gasteiger charge is -2.20. The molecule has 2 aromatic heterocycles. The summed E-state index contributed by atoms with van der Waals surface area (Å²) in [4.78, 5) is 24.2. The van der Waals surface area contributed by atoms with Crippen molar-refractivity contribution >= 4 is 16.9 Å². The number of nitrogens with zero attached hydrogens (tertiary/aromatic N) is 2. The number of rotatable bonds is 4. The maximum absolute atomic E-state index is 12.4. The molecule has 0 radical (unpaired) electrons. The number of benzene rings is 1. The van der Waals surface area contributed by atoms with Crippen LogP contribution in [0.15, 0.2) is 48.8 Å². The number of carbonyl (C=O) groups excluding carboxylic acids is 1. The van der Waals surface area contributed by atoms with Gasteiger partial charge in [-0.05, 0) is 30.2 Å². The number of pyridine rings is 1. The summed E-state index contributed by atoms with van der Waals surface area (Å²) in [6.07, 6.45) is 3.22. The first-order valence-corrected chi connectivity index (χ1v) is 7.30. The molecule has 112 valence electrons. The van der Waals surface area contributed by atoms with Gasteiger partial charge in [-0.25, -0.2) is 4.98 Å². The number of aromatic amines is 1. The molecule has 2 heterocycles. The van der Waals surface area contributed by atoms with Gasteiger partial charge in [-0.15, -0.1) is 0 Å². The van der Waals surface area contributed by atoms with Crippen molar-refractivity contribution in [3.63, 3.8) is 0 Å². The maximum Gasteiger partial charge on any atom is 0.251 e. The molecule has 0 saturated carbocycles. The van der Waals surface area contributed by atoms with E-state index in [9.17, 15) is 4.79 Å². The van der Waals surface area contributed by atoms with E-state index in [1.165, 1.54) is 0 Å². The van der Waals surface area contributed by atoms with Gasteiger partial charge in [0.25, 0.3) is 5.91 Å². The molecule has 2 N–H and O–H groups in total. The second-order valence-electron chi connectivity index (χ2n) is 5.57. The van der Waals surface area contributed by atoms with Crippen LogP contribution in [0.3, 0.4) is 0 Å². The van der Waals surface area contributed by atoms with Crippen LogP contribution < -0.4 is 5.32 Å². The Morgan fingerprint density at radius 1 is 1.14 bits per heavy atom. The van der Waals surface area contributed by atoms with Crippen molar-refractivity contribution in [3.8, 4) is 0 Å². The van der Waals surface area contributed by atoms with Gasteiger partial charge in [-0.1, -0.05) is 26.0 Å². The molecule has 1 aromatic carbocycles. The van der Waals surface area contributed by atoms with Crippen LogP contribution >= 0.6 is 0 Å². The zero-order chi connectivity index (χ0) is 15.5. The molecule has 5 heteroatoms. The topological polar surface area (TPSA) is 70.7 Å². The van der Waals surface area contributed by atoms with Crippen molar-refractivity contribution in [1.29, 1.82) is 0 Å². The van der Waals surface area contributed by atoms with E-state index in [0.29, 0.717) is 5.56 Å². The summed E-state index contributed by atoms with van der Waals surface area (Å²) in [5.74, 6) is 0.867. The van der Waals surface area contributed by atoms with Gasteiger partial charge in [0, 0.05) is 18.0 Å². The third kappa shape index (κ3) is 2.83. The number of imidazole rings is 1. The predicted octanol–water partition coefficient (Wildman–Crippen LogP) is 3.09. The lowest BCUT2D eigenvalue weighted by atomic mass is 10.0. The molecule has 0 bridgehead atoms. The number of amides is 1. The van der Waals surface area contributed by atoms with Crippen LogP contribution in [0.5, 0.6) is 0 Å². The third-order valence-corrected chi connectivity index (χ3v) is 3.60. The first-order valence-electron chi connectivity index (χ1n) is 7.30. The van der Waals surface area contributed by atoms with E-state index in [-0.39, 0.29) is 17.9 Å². The van der Waals surface area contributed by atoms with Crippen LogP contribution in [-0.2, 0) is 0 Å². The van der Waals surface area contributed by atoms with E-state index >= 15 is 0 Å². The van der Waals surface area contributed by atoms with E-state index in [1.54, 1.807) is 24.5 Å². The molecular weight excluding hydrogens is 276 g/mol. The number of nitrogens with one attached hydrogen (secondary N) is 2. The highest BCUT2D eigenvalue weighted by Gasteiger charge is 2.22. The molecule has 5 nitrogen and oxygen atoms in total. The molecular formula is C17H18N4O. The summed E-state index contributed by atoms with van der Waals surface area (Å²) in [7, 11) is 0. The first-order chi connectivity index (χ1) is 10.6. The molecule has 0 aliphatic heterocycles. The number of H-pyrrole nitrogens is 1. The van der Waals surface area contributed by atoms with Gasteiger partial charge in [0.15, 0.2) is 0 Å². The molecule has 22 heavy (non-hydrogen) atoms. The van der Waals surface area contributed by atoms with Crippen molar-refractivity contribution < 1.29 is 4.79 Å². The highest BCUT2D eigenvalue weighted by Crippen LogP contribution is 2.22. The van der Waals surface area contributed by atoms with Crippen molar-refractivity contribution in [2.75, 3.05) is 0 Å². The molecule has 1 unspecified atom stereocenters. The van der Waals surface area contributed by atoms with E-state index < -0.39 is 0 Å². The van der Waals surface area contributed by atoms with Gasteiger partial charge in [-0.2, -0.15) is 0 Å². The Bertz CT molecular complexity index is 746. The lowest BCUT2D eigenvalue weighted by Crippen LogP contribution is -2.32. The minimum atomic E-state index is -0.173. The third-order valence-electron chi connectivity index (χ3n) is 3.60. The fourth-order valence-corrected chi connectivity index (χ4v) is 2.40. The summed E-state index contributed by atoms with van der Waals surface area (Å²) in [5.41, 5.74) is 2.47. The van der Waals surface area contributed by atoms with Crippen LogP contribution in [0, 0.1) is 5.92 Å². The Labute approximate surface area is 128 Å². The fraction of sp³-hybridized carbons (Fsp3) is 0.235. The predicted molar refractivity (Wildman–Crippen MR) is 85.4 cm³/mol. The van der Waals surface area contributed by atoms with E-state index in [1.807, 2.05) is 24.3 Å². The quantitative estimate of drug-likeness (QED) is 0.776. The Morgan fingerprint density at radius 3 is 2.55 bits per heavy atom. The second-order valence-corrected chi connectivity index (χ2v) is 5.57. The zero-order valence-corrected chi connectivity index (χ0v) is 12.6. The fourth-order valence-electron chi connectivity index (χ4n) is 2.40. The lowest BCUT2D eigenvalue weighted by molar-refractivity contribution is 0.0923. The van der Waals surface area contributed by atoms with E-state index in [2.05, 4.69) is 34.1 Å².